The number of halogens is 1. The molecule has 1 unspecified atom stereocenters. The predicted octanol–water partition coefficient (Wildman–Crippen LogP) is 4.17. The summed E-state index contributed by atoms with van der Waals surface area (Å²) in [6.07, 6.45) is 3.82. The summed E-state index contributed by atoms with van der Waals surface area (Å²) in [6, 6.07) is 6.38. The van der Waals surface area contributed by atoms with Crippen molar-refractivity contribution in [2.24, 2.45) is 0 Å². The van der Waals surface area contributed by atoms with E-state index in [1.807, 2.05) is 18.2 Å². The van der Waals surface area contributed by atoms with Gasteiger partial charge in [-0.15, -0.1) is 0 Å². The van der Waals surface area contributed by atoms with Crippen LogP contribution in [-0.4, -0.2) is 23.7 Å². The Hall–Kier alpha value is -1.29. The first-order chi connectivity index (χ1) is 8.99. The number of carboxylic acids is 1. The van der Waals surface area contributed by atoms with E-state index in [9.17, 15) is 4.79 Å². The third-order valence-electron chi connectivity index (χ3n) is 3.16. The summed E-state index contributed by atoms with van der Waals surface area (Å²) in [7, 11) is 0. The lowest BCUT2D eigenvalue weighted by atomic mass is 10.1. The van der Waals surface area contributed by atoms with Crippen molar-refractivity contribution in [1.29, 1.82) is 0 Å². The minimum atomic E-state index is -0.935. The molecule has 104 valence electrons. The molecule has 1 rings (SSSR count). The molecular formula is C15H20BrNO2. The van der Waals surface area contributed by atoms with E-state index in [4.69, 9.17) is 5.11 Å². The Morgan fingerprint density at radius 3 is 2.63 bits per heavy atom. The molecule has 1 atom stereocenters. The van der Waals surface area contributed by atoms with Crippen LogP contribution in [0.1, 0.15) is 32.8 Å². The molecule has 0 amide bonds. The van der Waals surface area contributed by atoms with Gasteiger partial charge < -0.3 is 10.0 Å². The zero-order chi connectivity index (χ0) is 14.4. The first-order valence-corrected chi connectivity index (χ1v) is 7.26. The molecule has 0 saturated heterocycles. The zero-order valence-electron chi connectivity index (χ0n) is 11.6. The van der Waals surface area contributed by atoms with Crippen molar-refractivity contribution in [1.82, 2.24) is 0 Å². The monoisotopic (exact) mass is 325 g/mol. The summed E-state index contributed by atoms with van der Waals surface area (Å²) >= 11 is 3.57. The van der Waals surface area contributed by atoms with E-state index < -0.39 is 5.97 Å². The Labute approximate surface area is 123 Å². The standard InChI is InChI=1S/C15H20BrNO2/c1-4-11(3)17(5-2)14-8-6-12(10-13(14)16)7-9-15(18)19/h6-11H,4-5H2,1-3H3,(H,18,19)/b9-7+. The van der Waals surface area contributed by atoms with E-state index in [0.717, 1.165) is 34.8 Å². The Kier molecular flexibility index (Phi) is 6.09. The first-order valence-electron chi connectivity index (χ1n) is 6.46. The third kappa shape index (κ3) is 4.39. The van der Waals surface area contributed by atoms with Crippen molar-refractivity contribution >= 4 is 33.7 Å². The summed E-state index contributed by atoms with van der Waals surface area (Å²) in [6.45, 7) is 7.45. The molecule has 0 fully saturated rings. The second kappa shape index (κ2) is 7.34. The molecule has 0 aliphatic heterocycles. The van der Waals surface area contributed by atoms with Gasteiger partial charge in [0.15, 0.2) is 0 Å². The van der Waals surface area contributed by atoms with Crippen LogP contribution >= 0.6 is 15.9 Å². The van der Waals surface area contributed by atoms with Gasteiger partial charge in [-0.25, -0.2) is 4.79 Å². The highest BCUT2D eigenvalue weighted by atomic mass is 79.9. The SMILES string of the molecule is CCC(C)N(CC)c1ccc(/C=C/C(=O)O)cc1Br. The number of benzene rings is 1. The van der Waals surface area contributed by atoms with E-state index in [-0.39, 0.29) is 0 Å². The van der Waals surface area contributed by atoms with E-state index in [0.29, 0.717) is 6.04 Å². The smallest absolute Gasteiger partial charge is 0.328 e. The van der Waals surface area contributed by atoms with Gasteiger partial charge in [-0.2, -0.15) is 0 Å². The van der Waals surface area contributed by atoms with Crippen LogP contribution in [0.15, 0.2) is 28.7 Å². The minimum absolute atomic E-state index is 0.474. The largest absolute Gasteiger partial charge is 0.478 e. The van der Waals surface area contributed by atoms with Gasteiger partial charge in [0.25, 0.3) is 0 Å². The lowest BCUT2D eigenvalue weighted by Gasteiger charge is -2.30. The molecule has 0 aliphatic rings. The van der Waals surface area contributed by atoms with Gasteiger partial charge in [-0.1, -0.05) is 13.0 Å². The van der Waals surface area contributed by atoms with Gasteiger partial charge in [0.1, 0.15) is 0 Å². The summed E-state index contributed by atoms with van der Waals surface area (Å²) in [4.78, 5) is 12.8. The fraction of sp³-hybridized carbons (Fsp3) is 0.400. The van der Waals surface area contributed by atoms with Gasteiger partial charge in [0, 0.05) is 23.1 Å². The highest BCUT2D eigenvalue weighted by Gasteiger charge is 2.13. The maximum Gasteiger partial charge on any atom is 0.328 e. The molecule has 19 heavy (non-hydrogen) atoms. The van der Waals surface area contributed by atoms with Gasteiger partial charge in [0.2, 0.25) is 0 Å². The number of rotatable bonds is 6. The van der Waals surface area contributed by atoms with Crippen molar-refractivity contribution in [3.05, 3.63) is 34.3 Å². The number of carboxylic acid groups (broad SMARTS) is 1. The second-order valence-electron chi connectivity index (χ2n) is 4.43. The molecule has 1 aromatic rings. The summed E-state index contributed by atoms with van der Waals surface area (Å²) < 4.78 is 0.988. The van der Waals surface area contributed by atoms with Crippen molar-refractivity contribution in [2.75, 3.05) is 11.4 Å². The van der Waals surface area contributed by atoms with Crippen LogP contribution in [0.2, 0.25) is 0 Å². The van der Waals surface area contributed by atoms with Gasteiger partial charge in [-0.05, 0) is 60.0 Å². The summed E-state index contributed by atoms with van der Waals surface area (Å²) in [5.41, 5.74) is 2.02. The van der Waals surface area contributed by atoms with Gasteiger partial charge in [-0.3, -0.25) is 0 Å². The number of carbonyl (C=O) groups is 1. The van der Waals surface area contributed by atoms with E-state index >= 15 is 0 Å². The lowest BCUT2D eigenvalue weighted by Crippen LogP contribution is -2.32. The number of anilines is 1. The highest BCUT2D eigenvalue weighted by molar-refractivity contribution is 9.10. The number of hydrogen-bond donors (Lipinski definition) is 1. The van der Waals surface area contributed by atoms with Crippen molar-refractivity contribution in [2.45, 2.75) is 33.2 Å². The predicted molar refractivity (Wildman–Crippen MR) is 83.6 cm³/mol. The van der Waals surface area contributed by atoms with E-state index in [2.05, 4.69) is 41.6 Å². The minimum Gasteiger partial charge on any atom is -0.478 e. The molecule has 1 aromatic carbocycles. The van der Waals surface area contributed by atoms with Crippen LogP contribution in [-0.2, 0) is 4.79 Å². The summed E-state index contributed by atoms with van der Waals surface area (Å²) in [5.74, 6) is -0.935. The van der Waals surface area contributed by atoms with E-state index in [1.54, 1.807) is 6.08 Å². The van der Waals surface area contributed by atoms with Crippen LogP contribution in [0, 0.1) is 0 Å². The molecule has 1 N–H and O–H groups in total. The third-order valence-corrected chi connectivity index (χ3v) is 3.80. The normalized spacial score (nSPS) is 12.6. The molecule has 0 aliphatic carbocycles. The molecule has 3 nitrogen and oxygen atoms in total. The second-order valence-corrected chi connectivity index (χ2v) is 5.28. The Morgan fingerprint density at radius 1 is 1.47 bits per heavy atom. The average Bonchev–Trinajstić information content (AvgIpc) is 2.38. The molecule has 0 spiro atoms. The van der Waals surface area contributed by atoms with Crippen LogP contribution in [0.4, 0.5) is 5.69 Å². The maximum atomic E-state index is 10.5. The summed E-state index contributed by atoms with van der Waals surface area (Å²) in [5, 5.41) is 8.62. The number of nitrogens with zero attached hydrogens (tertiary/aromatic N) is 1. The molecule has 4 heteroatoms. The quantitative estimate of drug-likeness (QED) is 0.798. The Morgan fingerprint density at radius 2 is 2.16 bits per heavy atom. The van der Waals surface area contributed by atoms with Gasteiger partial charge >= 0.3 is 5.97 Å². The number of hydrogen-bond acceptors (Lipinski definition) is 2. The Bertz CT molecular complexity index is 471. The molecule has 0 radical (unpaired) electrons. The lowest BCUT2D eigenvalue weighted by molar-refractivity contribution is -0.131. The molecule has 0 heterocycles. The fourth-order valence-electron chi connectivity index (χ4n) is 1.97. The zero-order valence-corrected chi connectivity index (χ0v) is 13.1. The molecular weight excluding hydrogens is 306 g/mol. The van der Waals surface area contributed by atoms with Crippen molar-refractivity contribution < 1.29 is 9.90 Å². The first kappa shape index (κ1) is 15.8. The molecule has 0 bridgehead atoms. The average molecular weight is 326 g/mol. The van der Waals surface area contributed by atoms with Crippen molar-refractivity contribution in [3.63, 3.8) is 0 Å². The van der Waals surface area contributed by atoms with Crippen molar-refractivity contribution in [3.8, 4) is 0 Å². The topological polar surface area (TPSA) is 40.5 Å². The van der Waals surface area contributed by atoms with E-state index in [1.165, 1.54) is 0 Å². The Balaban J connectivity index is 3.02. The molecule has 0 aromatic heterocycles. The number of aliphatic carboxylic acids is 1. The van der Waals surface area contributed by atoms with Crippen LogP contribution in [0.3, 0.4) is 0 Å². The molecule has 0 saturated carbocycles. The van der Waals surface area contributed by atoms with Crippen LogP contribution in [0.5, 0.6) is 0 Å². The van der Waals surface area contributed by atoms with Crippen LogP contribution in [0.25, 0.3) is 6.08 Å². The highest BCUT2D eigenvalue weighted by Crippen LogP contribution is 2.29. The van der Waals surface area contributed by atoms with Gasteiger partial charge in [0.05, 0.1) is 5.69 Å². The van der Waals surface area contributed by atoms with Crippen LogP contribution < -0.4 is 4.90 Å². The maximum absolute atomic E-state index is 10.5. The fourth-order valence-corrected chi connectivity index (χ4v) is 2.59.